The molecule has 7 heteroatoms. The minimum absolute atomic E-state index is 0.347. The molecule has 0 unspecified atom stereocenters. The Labute approximate surface area is 149 Å². The summed E-state index contributed by atoms with van der Waals surface area (Å²) in [5.74, 6) is -0.737. The minimum atomic E-state index is -0.990. The van der Waals surface area contributed by atoms with E-state index in [0.717, 1.165) is 0 Å². The monoisotopic (exact) mass is 358 g/mol. The van der Waals surface area contributed by atoms with E-state index in [0.29, 0.717) is 22.0 Å². The van der Waals surface area contributed by atoms with Gasteiger partial charge in [-0.25, -0.2) is 4.79 Å². The molecule has 25 heavy (non-hydrogen) atoms. The lowest BCUT2D eigenvalue weighted by Gasteiger charge is -2.14. The van der Waals surface area contributed by atoms with Crippen LogP contribution in [0.5, 0.6) is 5.75 Å². The maximum Gasteiger partial charge on any atom is 0.344 e. The van der Waals surface area contributed by atoms with Crippen molar-refractivity contribution in [1.82, 2.24) is 0 Å². The lowest BCUT2D eigenvalue weighted by Crippen LogP contribution is -2.31. The van der Waals surface area contributed by atoms with Crippen molar-refractivity contribution in [2.24, 2.45) is 0 Å². The first-order valence-electron chi connectivity index (χ1n) is 7.37. The standard InChI is InChI=1S/C18H15ClN2O4/c1-12(18(23)21-15-4-2-3-14(19)9-15)25-17(22)11-24-16-7-5-13(10-20)6-8-16/h2-9,12H,11H2,1H3,(H,21,23)/t12-/m1/s1. The third kappa shape index (κ3) is 5.83. The van der Waals surface area contributed by atoms with Crippen LogP contribution in [0.15, 0.2) is 48.5 Å². The number of rotatable bonds is 6. The Kier molecular flexibility index (Phi) is 6.38. The van der Waals surface area contributed by atoms with Crippen molar-refractivity contribution in [1.29, 1.82) is 5.26 Å². The number of carbonyl (C=O) groups is 2. The second-order valence-corrected chi connectivity index (χ2v) is 5.49. The van der Waals surface area contributed by atoms with Crippen LogP contribution in [0.1, 0.15) is 12.5 Å². The highest BCUT2D eigenvalue weighted by atomic mass is 35.5. The molecule has 128 valence electrons. The number of anilines is 1. The fourth-order valence-electron chi connectivity index (χ4n) is 1.86. The molecule has 2 rings (SSSR count). The first kappa shape index (κ1) is 18.3. The highest BCUT2D eigenvalue weighted by Crippen LogP contribution is 2.15. The van der Waals surface area contributed by atoms with Crippen molar-refractivity contribution in [2.75, 3.05) is 11.9 Å². The van der Waals surface area contributed by atoms with Crippen LogP contribution < -0.4 is 10.1 Å². The summed E-state index contributed by atoms with van der Waals surface area (Å²) >= 11 is 5.84. The summed E-state index contributed by atoms with van der Waals surface area (Å²) in [6.07, 6.45) is -0.990. The summed E-state index contributed by atoms with van der Waals surface area (Å²) < 4.78 is 10.3. The molecule has 0 aliphatic carbocycles. The molecule has 1 N–H and O–H groups in total. The van der Waals surface area contributed by atoms with Gasteiger partial charge in [0.15, 0.2) is 12.7 Å². The number of benzene rings is 2. The van der Waals surface area contributed by atoms with Crippen molar-refractivity contribution in [3.63, 3.8) is 0 Å². The van der Waals surface area contributed by atoms with E-state index in [1.54, 1.807) is 48.5 Å². The molecular formula is C18H15ClN2O4. The Balaban J connectivity index is 1.80. The van der Waals surface area contributed by atoms with E-state index in [1.165, 1.54) is 6.92 Å². The number of esters is 1. The van der Waals surface area contributed by atoms with Crippen LogP contribution >= 0.6 is 11.6 Å². The number of nitrogens with one attached hydrogen (secondary N) is 1. The van der Waals surface area contributed by atoms with Gasteiger partial charge < -0.3 is 14.8 Å². The van der Waals surface area contributed by atoms with E-state index in [2.05, 4.69) is 5.32 Å². The van der Waals surface area contributed by atoms with Crippen molar-refractivity contribution >= 4 is 29.2 Å². The van der Waals surface area contributed by atoms with Crippen LogP contribution in [0.4, 0.5) is 5.69 Å². The third-order valence-electron chi connectivity index (χ3n) is 3.11. The van der Waals surface area contributed by atoms with Gasteiger partial charge in [-0.3, -0.25) is 4.79 Å². The van der Waals surface area contributed by atoms with E-state index >= 15 is 0 Å². The Morgan fingerprint density at radius 1 is 1.24 bits per heavy atom. The van der Waals surface area contributed by atoms with E-state index in [4.69, 9.17) is 26.3 Å². The first-order valence-corrected chi connectivity index (χ1v) is 7.74. The zero-order valence-corrected chi connectivity index (χ0v) is 14.1. The number of ether oxygens (including phenoxy) is 2. The van der Waals surface area contributed by atoms with Gasteiger partial charge in [0, 0.05) is 10.7 Å². The molecule has 0 aliphatic heterocycles. The highest BCUT2D eigenvalue weighted by Gasteiger charge is 2.18. The van der Waals surface area contributed by atoms with Gasteiger partial charge in [-0.2, -0.15) is 5.26 Å². The smallest absolute Gasteiger partial charge is 0.344 e. The third-order valence-corrected chi connectivity index (χ3v) is 3.34. The molecule has 0 spiro atoms. The van der Waals surface area contributed by atoms with Crippen LogP contribution in [0, 0.1) is 11.3 Å². The number of halogens is 1. The maximum absolute atomic E-state index is 12.0. The van der Waals surface area contributed by atoms with Crippen LogP contribution in [0.2, 0.25) is 5.02 Å². The average Bonchev–Trinajstić information content (AvgIpc) is 2.60. The van der Waals surface area contributed by atoms with Gasteiger partial charge in [-0.05, 0) is 49.4 Å². The number of amides is 1. The second kappa shape index (κ2) is 8.71. The molecule has 0 saturated carbocycles. The van der Waals surface area contributed by atoms with E-state index in [1.807, 2.05) is 6.07 Å². The number of hydrogen-bond acceptors (Lipinski definition) is 5. The molecule has 0 aromatic heterocycles. The van der Waals surface area contributed by atoms with Gasteiger partial charge in [0.05, 0.1) is 11.6 Å². The Morgan fingerprint density at radius 2 is 1.96 bits per heavy atom. The fraction of sp³-hybridized carbons (Fsp3) is 0.167. The van der Waals surface area contributed by atoms with Gasteiger partial charge in [0.2, 0.25) is 0 Å². The SMILES string of the molecule is C[C@@H](OC(=O)COc1ccc(C#N)cc1)C(=O)Nc1cccc(Cl)c1. The number of hydrogen-bond donors (Lipinski definition) is 1. The summed E-state index contributed by atoms with van der Waals surface area (Å²) in [5, 5.41) is 11.8. The molecule has 6 nitrogen and oxygen atoms in total. The molecular weight excluding hydrogens is 344 g/mol. The Morgan fingerprint density at radius 3 is 2.60 bits per heavy atom. The predicted molar refractivity (Wildman–Crippen MR) is 92.3 cm³/mol. The summed E-state index contributed by atoms with van der Waals surface area (Å²) in [4.78, 5) is 23.8. The van der Waals surface area contributed by atoms with E-state index in [9.17, 15) is 9.59 Å². The lowest BCUT2D eigenvalue weighted by atomic mass is 10.2. The normalized spacial score (nSPS) is 11.1. The zero-order chi connectivity index (χ0) is 18.2. The van der Waals surface area contributed by atoms with Gasteiger partial charge in [-0.15, -0.1) is 0 Å². The largest absolute Gasteiger partial charge is 0.482 e. The van der Waals surface area contributed by atoms with Gasteiger partial charge >= 0.3 is 5.97 Å². The average molecular weight is 359 g/mol. The minimum Gasteiger partial charge on any atom is -0.482 e. The molecule has 1 amide bonds. The summed E-state index contributed by atoms with van der Waals surface area (Å²) in [6.45, 7) is 1.11. The summed E-state index contributed by atoms with van der Waals surface area (Å²) in [5.41, 5.74) is 0.996. The molecule has 1 atom stereocenters. The van der Waals surface area contributed by atoms with Crippen molar-refractivity contribution < 1.29 is 19.1 Å². The molecule has 2 aromatic carbocycles. The zero-order valence-electron chi connectivity index (χ0n) is 13.4. The maximum atomic E-state index is 12.0. The molecule has 0 heterocycles. The topological polar surface area (TPSA) is 88.4 Å². The highest BCUT2D eigenvalue weighted by molar-refractivity contribution is 6.30. The molecule has 0 radical (unpaired) electrons. The van der Waals surface area contributed by atoms with Crippen molar-refractivity contribution in [3.05, 3.63) is 59.1 Å². The quantitative estimate of drug-likeness (QED) is 0.801. The summed E-state index contributed by atoms with van der Waals surface area (Å²) in [7, 11) is 0. The van der Waals surface area contributed by atoms with Gasteiger partial charge in [-0.1, -0.05) is 17.7 Å². The first-order chi connectivity index (χ1) is 12.0. The van der Waals surface area contributed by atoms with Crippen molar-refractivity contribution in [3.8, 4) is 11.8 Å². The molecule has 0 bridgehead atoms. The lowest BCUT2D eigenvalue weighted by molar-refractivity contribution is -0.155. The summed E-state index contributed by atoms with van der Waals surface area (Å²) in [6, 6.07) is 14.9. The van der Waals surface area contributed by atoms with Crippen LogP contribution in [-0.2, 0) is 14.3 Å². The van der Waals surface area contributed by atoms with E-state index in [-0.39, 0.29) is 6.61 Å². The fourth-order valence-corrected chi connectivity index (χ4v) is 2.05. The van der Waals surface area contributed by atoms with Crippen LogP contribution in [0.3, 0.4) is 0 Å². The van der Waals surface area contributed by atoms with E-state index < -0.39 is 18.0 Å². The predicted octanol–water partition coefficient (Wildman–Crippen LogP) is 3.16. The second-order valence-electron chi connectivity index (χ2n) is 5.06. The Bertz CT molecular complexity index is 799. The number of nitrogens with zero attached hydrogens (tertiary/aromatic N) is 1. The number of nitriles is 1. The number of carbonyl (C=O) groups excluding carboxylic acids is 2. The molecule has 0 saturated heterocycles. The van der Waals surface area contributed by atoms with Crippen molar-refractivity contribution in [2.45, 2.75) is 13.0 Å². The Hall–Kier alpha value is -3.04. The van der Waals surface area contributed by atoms with Crippen LogP contribution in [-0.4, -0.2) is 24.6 Å². The molecule has 0 fully saturated rings. The van der Waals surface area contributed by atoms with Gasteiger partial charge in [0.25, 0.3) is 5.91 Å². The molecule has 2 aromatic rings. The van der Waals surface area contributed by atoms with Crippen LogP contribution in [0.25, 0.3) is 0 Å². The van der Waals surface area contributed by atoms with Gasteiger partial charge in [0.1, 0.15) is 5.75 Å². The molecule has 0 aliphatic rings.